The third kappa shape index (κ3) is 2.65. The Labute approximate surface area is 117 Å². The zero-order valence-corrected chi connectivity index (χ0v) is 11.9. The highest BCUT2D eigenvalue weighted by molar-refractivity contribution is 5.96. The van der Waals surface area contributed by atoms with Crippen LogP contribution in [-0.2, 0) is 0 Å². The molecule has 20 heavy (non-hydrogen) atoms. The molecule has 1 amide bonds. The van der Waals surface area contributed by atoms with Gasteiger partial charge < -0.3 is 24.6 Å². The Bertz CT molecular complexity index is 485. The van der Waals surface area contributed by atoms with Crippen LogP contribution in [-0.4, -0.2) is 44.5 Å². The molecule has 1 aromatic carbocycles. The Morgan fingerprint density at radius 3 is 2.10 bits per heavy atom. The molecule has 0 aliphatic heterocycles. The van der Waals surface area contributed by atoms with Gasteiger partial charge in [0.2, 0.25) is 5.75 Å². The van der Waals surface area contributed by atoms with Gasteiger partial charge in [0.05, 0.1) is 33.5 Å². The number of carbonyl (C=O) groups is 1. The van der Waals surface area contributed by atoms with Crippen LogP contribution in [0.3, 0.4) is 0 Å². The van der Waals surface area contributed by atoms with Crippen LogP contribution >= 0.6 is 0 Å². The summed E-state index contributed by atoms with van der Waals surface area (Å²) in [7, 11) is 4.50. The minimum atomic E-state index is -0.461. The minimum absolute atomic E-state index is 0.0524. The molecule has 110 valence electrons. The number of rotatable bonds is 6. The average molecular weight is 281 g/mol. The largest absolute Gasteiger partial charge is 0.493 e. The van der Waals surface area contributed by atoms with E-state index in [9.17, 15) is 9.90 Å². The van der Waals surface area contributed by atoms with Gasteiger partial charge in [0.15, 0.2) is 11.5 Å². The molecule has 1 saturated carbocycles. The summed E-state index contributed by atoms with van der Waals surface area (Å²) in [6.45, 7) is -0.0524. The highest BCUT2D eigenvalue weighted by Crippen LogP contribution is 2.39. The van der Waals surface area contributed by atoms with Crippen LogP contribution in [0.15, 0.2) is 12.1 Å². The SMILES string of the molecule is COc1cc(C(=O)NC2(CO)CC2)cc(OC)c1OC. The van der Waals surface area contributed by atoms with Gasteiger partial charge in [-0.3, -0.25) is 4.79 Å². The van der Waals surface area contributed by atoms with Crippen molar-refractivity contribution in [1.82, 2.24) is 5.32 Å². The molecule has 0 spiro atoms. The first-order valence-electron chi connectivity index (χ1n) is 6.32. The fourth-order valence-corrected chi connectivity index (χ4v) is 2.00. The van der Waals surface area contributed by atoms with Crippen LogP contribution in [0, 0.1) is 0 Å². The van der Waals surface area contributed by atoms with Crippen LogP contribution in [0.25, 0.3) is 0 Å². The maximum absolute atomic E-state index is 12.2. The van der Waals surface area contributed by atoms with Gasteiger partial charge in [-0.1, -0.05) is 0 Å². The van der Waals surface area contributed by atoms with Crippen molar-refractivity contribution in [3.8, 4) is 17.2 Å². The van der Waals surface area contributed by atoms with Gasteiger partial charge in [-0.15, -0.1) is 0 Å². The molecule has 6 nitrogen and oxygen atoms in total. The molecule has 0 heterocycles. The van der Waals surface area contributed by atoms with Crippen LogP contribution in [0.5, 0.6) is 17.2 Å². The van der Waals surface area contributed by atoms with Crippen molar-refractivity contribution in [2.24, 2.45) is 0 Å². The number of ether oxygens (including phenoxy) is 3. The highest BCUT2D eigenvalue weighted by Gasteiger charge is 2.43. The molecule has 0 bridgehead atoms. The van der Waals surface area contributed by atoms with Crippen LogP contribution in [0.1, 0.15) is 23.2 Å². The molecule has 0 radical (unpaired) electrons. The van der Waals surface area contributed by atoms with E-state index in [4.69, 9.17) is 14.2 Å². The zero-order chi connectivity index (χ0) is 14.8. The van der Waals surface area contributed by atoms with Gasteiger partial charge in [-0.2, -0.15) is 0 Å². The van der Waals surface area contributed by atoms with E-state index in [1.54, 1.807) is 12.1 Å². The standard InChI is InChI=1S/C14H19NO5/c1-18-10-6-9(7-11(19-2)12(10)20-3)13(17)15-14(8-16)4-5-14/h6-7,16H,4-5,8H2,1-3H3,(H,15,17). The summed E-state index contributed by atoms with van der Waals surface area (Å²) in [4.78, 5) is 12.2. The van der Waals surface area contributed by atoms with Crippen molar-refractivity contribution in [3.63, 3.8) is 0 Å². The van der Waals surface area contributed by atoms with Gasteiger partial charge in [0.25, 0.3) is 5.91 Å². The predicted molar refractivity (Wildman–Crippen MR) is 72.6 cm³/mol. The number of aliphatic hydroxyl groups excluding tert-OH is 1. The van der Waals surface area contributed by atoms with Crippen LogP contribution < -0.4 is 19.5 Å². The maximum atomic E-state index is 12.2. The minimum Gasteiger partial charge on any atom is -0.493 e. The van der Waals surface area contributed by atoms with E-state index in [0.717, 1.165) is 12.8 Å². The third-order valence-electron chi connectivity index (χ3n) is 3.46. The molecule has 0 atom stereocenters. The van der Waals surface area contributed by atoms with Gasteiger partial charge in [0, 0.05) is 5.56 Å². The number of hydrogen-bond acceptors (Lipinski definition) is 5. The lowest BCUT2D eigenvalue weighted by Gasteiger charge is -2.17. The predicted octanol–water partition coefficient (Wildman–Crippen LogP) is 0.967. The fraction of sp³-hybridized carbons (Fsp3) is 0.500. The molecule has 2 rings (SSSR count). The van der Waals surface area contributed by atoms with Crippen molar-refractivity contribution in [1.29, 1.82) is 0 Å². The molecule has 0 unspecified atom stereocenters. The first-order chi connectivity index (χ1) is 9.59. The van der Waals surface area contributed by atoms with E-state index in [2.05, 4.69) is 5.32 Å². The molecule has 6 heteroatoms. The van der Waals surface area contributed by atoms with Crippen molar-refractivity contribution < 1.29 is 24.1 Å². The lowest BCUT2D eigenvalue weighted by molar-refractivity contribution is 0.0906. The first-order valence-corrected chi connectivity index (χ1v) is 6.32. The van der Waals surface area contributed by atoms with E-state index in [1.807, 2.05) is 0 Å². The van der Waals surface area contributed by atoms with E-state index < -0.39 is 5.54 Å². The quantitative estimate of drug-likeness (QED) is 0.812. The zero-order valence-electron chi connectivity index (χ0n) is 11.9. The van der Waals surface area contributed by atoms with Gasteiger partial charge in [-0.05, 0) is 25.0 Å². The monoisotopic (exact) mass is 281 g/mol. The van der Waals surface area contributed by atoms with Gasteiger partial charge in [0.1, 0.15) is 0 Å². The van der Waals surface area contributed by atoms with Crippen LogP contribution in [0.4, 0.5) is 0 Å². The number of nitrogens with one attached hydrogen (secondary N) is 1. The second-order valence-electron chi connectivity index (χ2n) is 4.81. The van der Waals surface area contributed by atoms with Crippen LogP contribution in [0.2, 0.25) is 0 Å². The molecule has 0 aromatic heterocycles. The van der Waals surface area contributed by atoms with Crippen molar-refractivity contribution in [2.45, 2.75) is 18.4 Å². The Morgan fingerprint density at radius 2 is 1.75 bits per heavy atom. The third-order valence-corrected chi connectivity index (χ3v) is 3.46. The summed E-state index contributed by atoms with van der Waals surface area (Å²) in [6, 6.07) is 3.17. The molecular formula is C14H19NO5. The molecular weight excluding hydrogens is 262 g/mol. The fourth-order valence-electron chi connectivity index (χ4n) is 2.00. The van der Waals surface area contributed by atoms with Crippen molar-refractivity contribution in [3.05, 3.63) is 17.7 Å². The van der Waals surface area contributed by atoms with Crippen molar-refractivity contribution in [2.75, 3.05) is 27.9 Å². The van der Waals surface area contributed by atoms with E-state index in [1.165, 1.54) is 21.3 Å². The Kier molecular flexibility index (Phi) is 4.04. The molecule has 0 saturated heterocycles. The normalized spacial score (nSPS) is 15.4. The van der Waals surface area contributed by atoms with Crippen molar-refractivity contribution >= 4 is 5.91 Å². The summed E-state index contributed by atoms with van der Waals surface area (Å²) < 4.78 is 15.6. The number of hydrogen-bond donors (Lipinski definition) is 2. The summed E-state index contributed by atoms with van der Waals surface area (Å²) in [5.74, 6) is 1.02. The van der Waals surface area contributed by atoms with E-state index in [-0.39, 0.29) is 12.5 Å². The number of benzene rings is 1. The number of aliphatic hydroxyl groups is 1. The number of amides is 1. The maximum Gasteiger partial charge on any atom is 0.252 e. The molecule has 1 aromatic rings. The molecule has 1 aliphatic rings. The summed E-state index contributed by atoms with van der Waals surface area (Å²) >= 11 is 0. The molecule has 1 aliphatic carbocycles. The number of methoxy groups -OCH3 is 3. The topological polar surface area (TPSA) is 77.0 Å². The average Bonchev–Trinajstić information content (AvgIpc) is 3.25. The Balaban J connectivity index is 2.29. The lowest BCUT2D eigenvalue weighted by Crippen LogP contribution is -2.39. The summed E-state index contributed by atoms with van der Waals surface area (Å²) in [5.41, 5.74) is -0.0588. The van der Waals surface area contributed by atoms with Gasteiger partial charge >= 0.3 is 0 Å². The molecule has 2 N–H and O–H groups in total. The second-order valence-corrected chi connectivity index (χ2v) is 4.81. The van der Waals surface area contributed by atoms with E-state index >= 15 is 0 Å². The first kappa shape index (κ1) is 14.5. The van der Waals surface area contributed by atoms with Gasteiger partial charge in [-0.25, -0.2) is 0 Å². The lowest BCUT2D eigenvalue weighted by atomic mass is 10.1. The second kappa shape index (κ2) is 5.58. The Morgan fingerprint density at radius 1 is 1.20 bits per heavy atom. The smallest absolute Gasteiger partial charge is 0.252 e. The highest BCUT2D eigenvalue weighted by atomic mass is 16.5. The summed E-state index contributed by atoms with van der Waals surface area (Å²) in [5, 5.41) is 12.1. The molecule has 1 fully saturated rings. The summed E-state index contributed by atoms with van der Waals surface area (Å²) in [6.07, 6.45) is 1.58. The Hall–Kier alpha value is -1.95. The number of carbonyl (C=O) groups excluding carboxylic acids is 1. The van der Waals surface area contributed by atoms with E-state index in [0.29, 0.717) is 22.8 Å².